The van der Waals surface area contributed by atoms with E-state index in [9.17, 15) is 9.59 Å². The molecule has 6 heteroatoms. The SMILES string of the molecule is CN(Cc1ccc(Cl)s1)C(=O)CCCCC(=O)O. The zero-order chi connectivity index (χ0) is 13.5. The van der Waals surface area contributed by atoms with Gasteiger partial charge in [-0.05, 0) is 25.0 Å². The molecular formula is C12H16ClNO3S. The third-order valence-electron chi connectivity index (χ3n) is 2.48. The maximum atomic E-state index is 11.7. The van der Waals surface area contributed by atoms with E-state index < -0.39 is 5.97 Å². The molecule has 0 aliphatic rings. The monoisotopic (exact) mass is 289 g/mol. The van der Waals surface area contributed by atoms with Crippen LogP contribution in [0.2, 0.25) is 4.34 Å². The number of carbonyl (C=O) groups is 2. The number of hydrogen-bond donors (Lipinski definition) is 1. The summed E-state index contributed by atoms with van der Waals surface area (Å²) in [5, 5.41) is 8.48. The average Bonchev–Trinajstić information content (AvgIpc) is 2.69. The highest BCUT2D eigenvalue weighted by Gasteiger charge is 2.10. The summed E-state index contributed by atoms with van der Waals surface area (Å²) >= 11 is 7.27. The van der Waals surface area contributed by atoms with Crippen LogP contribution in [0.25, 0.3) is 0 Å². The number of halogens is 1. The van der Waals surface area contributed by atoms with Crippen LogP contribution in [0.5, 0.6) is 0 Å². The van der Waals surface area contributed by atoms with Gasteiger partial charge in [-0.3, -0.25) is 9.59 Å². The van der Waals surface area contributed by atoms with Gasteiger partial charge >= 0.3 is 5.97 Å². The van der Waals surface area contributed by atoms with E-state index in [-0.39, 0.29) is 12.3 Å². The van der Waals surface area contributed by atoms with Crippen LogP contribution in [0, 0.1) is 0 Å². The second-order valence-electron chi connectivity index (χ2n) is 4.06. The van der Waals surface area contributed by atoms with Crippen LogP contribution in [0.4, 0.5) is 0 Å². The first kappa shape index (κ1) is 15.0. The molecule has 0 bridgehead atoms. The van der Waals surface area contributed by atoms with E-state index in [0.29, 0.717) is 30.1 Å². The second-order valence-corrected chi connectivity index (χ2v) is 5.86. The number of aliphatic carboxylic acids is 1. The van der Waals surface area contributed by atoms with Crippen molar-refractivity contribution in [2.24, 2.45) is 0 Å². The van der Waals surface area contributed by atoms with Gasteiger partial charge in [-0.1, -0.05) is 11.6 Å². The van der Waals surface area contributed by atoms with Crippen molar-refractivity contribution in [1.82, 2.24) is 4.90 Å². The first-order valence-corrected chi connectivity index (χ1v) is 6.88. The zero-order valence-electron chi connectivity index (χ0n) is 10.2. The fourth-order valence-corrected chi connectivity index (χ4v) is 2.64. The van der Waals surface area contributed by atoms with Crippen LogP contribution < -0.4 is 0 Å². The van der Waals surface area contributed by atoms with Crippen LogP contribution in [-0.4, -0.2) is 28.9 Å². The number of carboxylic acid groups (broad SMARTS) is 1. The molecule has 0 aromatic carbocycles. The van der Waals surface area contributed by atoms with Gasteiger partial charge in [0, 0.05) is 24.8 Å². The normalized spacial score (nSPS) is 10.3. The number of nitrogens with zero attached hydrogens (tertiary/aromatic N) is 1. The molecule has 0 atom stereocenters. The van der Waals surface area contributed by atoms with E-state index >= 15 is 0 Å². The van der Waals surface area contributed by atoms with Gasteiger partial charge in [-0.15, -0.1) is 11.3 Å². The number of hydrogen-bond acceptors (Lipinski definition) is 3. The van der Waals surface area contributed by atoms with Gasteiger partial charge in [0.2, 0.25) is 5.91 Å². The smallest absolute Gasteiger partial charge is 0.303 e. The molecule has 0 fully saturated rings. The molecule has 1 aromatic rings. The van der Waals surface area contributed by atoms with E-state index in [0.717, 1.165) is 4.88 Å². The predicted molar refractivity (Wildman–Crippen MR) is 71.9 cm³/mol. The van der Waals surface area contributed by atoms with Gasteiger partial charge in [0.05, 0.1) is 10.9 Å². The van der Waals surface area contributed by atoms with E-state index in [4.69, 9.17) is 16.7 Å². The minimum atomic E-state index is -0.816. The van der Waals surface area contributed by atoms with Crippen molar-refractivity contribution in [3.05, 3.63) is 21.3 Å². The molecule has 0 spiro atoms. The number of amides is 1. The predicted octanol–water partition coefficient (Wildman–Crippen LogP) is 3.00. The third kappa shape index (κ3) is 5.51. The Kier molecular flexibility index (Phi) is 6.15. The summed E-state index contributed by atoms with van der Waals surface area (Å²) in [5.41, 5.74) is 0. The van der Waals surface area contributed by atoms with Crippen molar-refractivity contribution in [3.8, 4) is 0 Å². The standard InChI is InChI=1S/C12H16ClNO3S/c1-14(8-9-6-7-10(13)18-9)11(15)4-2-3-5-12(16)17/h6-7H,2-5,8H2,1H3,(H,16,17). The quantitative estimate of drug-likeness (QED) is 0.785. The molecule has 0 unspecified atom stereocenters. The third-order valence-corrected chi connectivity index (χ3v) is 3.69. The first-order valence-electron chi connectivity index (χ1n) is 5.69. The lowest BCUT2D eigenvalue weighted by molar-refractivity contribution is -0.137. The number of carbonyl (C=O) groups excluding carboxylic acids is 1. The Balaban J connectivity index is 2.26. The largest absolute Gasteiger partial charge is 0.481 e. The Morgan fingerprint density at radius 2 is 2.00 bits per heavy atom. The summed E-state index contributed by atoms with van der Waals surface area (Å²) in [5.74, 6) is -0.783. The van der Waals surface area contributed by atoms with Gasteiger partial charge in [-0.2, -0.15) is 0 Å². The lowest BCUT2D eigenvalue weighted by atomic mass is 10.2. The molecular weight excluding hydrogens is 274 g/mol. The molecule has 4 nitrogen and oxygen atoms in total. The Morgan fingerprint density at radius 3 is 2.56 bits per heavy atom. The summed E-state index contributed by atoms with van der Waals surface area (Å²) in [6.45, 7) is 0.551. The Hall–Kier alpha value is -1.07. The maximum Gasteiger partial charge on any atom is 0.303 e. The molecule has 1 amide bonds. The summed E-state index contributed by atoms with van der Waals surface area (Å²) in [6, 6.07) is 3.72. The fourth-order valence-electron chi connectivity index (χ4n) is 1.50. The molecule has 100 valence electrons. The van der Waals surface area contributed by atoms with Gasteiger partial charge < -0.3 is 10.0 Å². The minimum absolute atomic E-state index is 0.0323. The number of thiophene rings is 1. The highest BCUT2D eigenvalue weighted by atomic mass is 35.5. The highest BCUT2D eigenvalue weighted by molar-refractivity contribution is 7.16. The molecule has 0 radical (unpaired) electrons. The lowest BCUT2D eigenvalue weighted by Crippen LogP contribution is -2.25. The first-order chi connectivity index (χ1) is 8.49. The van der Waals surface area contributed by atoms with Crippen molar-refractivity contribution in [3.63, 3.8) is 0 Å². The maximum absolute atomic E-state index is 11.7. The molecule has 1 aromatic heterocycles. The van der Waals surface area contributed by atoms with Gasteiger partial charge in [0.1, 0.15) is 0 Å². The van der Waals surface area contributed by atoms with Crippen LogP contribution in [-0.2, 0) is 16.1 Å². The molecule has 0 saturated carbocycles. The number of carboxylic acids is 1. The topological polar surface area (TPSA) is 57.6 Å². The number of unbranched alkanes of at least 4 members (excludes halogenated alkanes) is 1. The summed E-state index contributed by atoms with van der Waals surface area (Å²) in [7, 11) is 1.74. The van der Waals surface area contributed by atoms with Crippen LogP contribution >= 0.6 is 22.9 Å². The molecule has 1 heterocycles. The van der Waals surface area contributed by atoms with Crippen molar-refractivity contribution in [1.29, 1.82) is 0 Å². The summed E-state index contributed by atoms with van der Waals surface area (Å²) in [4.78, 5) is 24.7. The number of rotatable bonds is 7. The summed E-state index contributed by atoms with van der Waals surface area (Å²) in [6.07, 6.45) is 1.67. The second kappa shape index (κ2) is 7.38. The van der Waals surface area contributed by atoms with E-state index in [2.05, 4.69) is 0 Å². The van der Waals surface area contributed by atoms with Crippen molar-refractivity contribution < 1.29 is 14.7 Å². The van der Waals surface area contributed by atoms with E-state index in [1.165, 1.54) is 11.3 Å². The molecule has 0 saturated heterocycles. The minimum Gasteiger partial charge on any atom is -0.481 e. The summed E-state index contributed by atoms with van der Waals surface area (Å²) < 4.78 is 0.715. The molecule has 0 aliphatic heterocycles. The van der Waals surface area contributed by atoms with Crippen molar-refractivity contribution >= 4 is 34.8 Å². The van der Waals surface area contributed by atoms with Crippen molar-refractivity contribution in [2.45, 2.75) is 32.2 Å². The Bertz CT molecular complexity index is 419. The molecule has 18 heavy (non-hydrogen) atoms. The highest BCUT2D eigenvalue weighted by Crippen LogP contribution is 2.22. The lowest BCUT2D eigenvalue weighted by Gasteiger charge is -2.15. The van der Waals surface area contributed by atoms with E-state index in [1.807, 2.05) is 12.1 Å². The van der Waals surface area contributed by atoms with E-state index in [1.54, 1.807) is 11.9 Å². The van der Waals surface area contributed by atoms with Crippen LogP contribution in [0.15, 0.2) is 12.1 Å². The van der Waals surface area contributed by atoms with Gasteiger partial charge in [-0.25, -0.2) is 0 Å². The van der Waals surface area contributed by atoms with Crippen molar-refractivity contribution in [2.75, 3.05) is 7.05 Å². The Morgan fingerprint density at radius 1 is 1.33 bits per heavy atom. The molecule has 1 rings (SSSR count). The Labute approximate surface area is 115 Å². The van der Waals surface area contributed by atoms with Gasteiger partial charge in [0.15, 0.2) is 0 Å². The fraction of sp³-hybridized carbons (Fsp3) is 0.500. The van der Waals surface area contributed by atoms with Crippen LogP contribution in [0.3, 0.4) is 0 Å². The van der Waals surface area contributed by atoms with Gasteiger partial charge in [0.25, 0.3) is 0 Å². The van der Waals surface area contributed by atoms with Crippen LogP contribution in [0.1, 0.15) is 30.6 Å². The zero-order valence-corrected chi connectivity index (χ0v) is 11.8. The molecule has 0 aliphatic carbocycles. The molecule has 1 N–H and O–H groups in total. The average molecular weight is 290 g/mol.